The summed E-state index contributed by atoms with van der Waals surface area (Å²) < 4.78 is 13.4. The van der Waals surface area contributed by atoms with E-state index in [1.54, 1.807) is 0 Å². The van der Waals surface area contributed by atoms with Gasteiger partial charge in [-0.1, -0.05) is 11.6 Å². The first-order valence-corrected chi connectivity index (χ1v) is 6.45. The number of carbonyl (C=O) groups is 1. The molecule has 1 aliphatic heterocycles. The summed E-state index contributed by atoms with van der Waals surface area (Å²) in [6.07, 6.45) is 0. The van der Waals surface area contributed by atoms with Crippen LogP contribution in [0.25, 0.3) is 0 Å². The van der Waals surface area contributed by atoms with Gasteiger partial charge in [-0.05, 0) is 6.92 Å². The van der Waals surface area contributed by atoms with Gasteiger partial charge >= 0.3 is 0 Å². The molecule has 1 fully saturated rings. The van der Waals surface area contributed by atoms with E-state index in [4.69, 9.17) is 16.3 Å². The van der Waals surface area contributed by atoms with Crippen LogP contribution in [-0.2, 0) is 9.53 Å². The fourth-order valence-electron chi connectivity index (χ4n) is 1.71. The molecule has 0 aromatic carbocycles. The molecule has 1 atom stereocenters. The van der Waals surface area contributed by atoms with Crippen molar-refractivity contribution in [3.8, 4) is 0 Å². The zero-order valence-corrected chi connectivity index (χ0v) is 10.9. The van der Waals surface area contributed by atoms with Crippen molar-refractivity contribution in [3.63, 3.8) is 0 Å². The van der Waals surface area contributed by atoms with Crippen LogP contribution in [0.3, 0.4) is 0 Å². The van der Waals surface area contributed by atoms with Gasteiger partial charge in [-0.2, -0.15) is 8.75 Å². The minimum atomic E-state index is -0.384. The Kier molecular flexibility index (Phi) is 4.14. The third-order valence-electron chi connectivity index (χ3n) is 2.49. The molecule has 6 nitrogen and oxygen atoms in total. The Morgan fingerprint density at radius 2 is 2.53 bits per heavy atom. The predicted molar refractivity (Wildman–Crippen MR) is 65.6 cm³/mol. The van der Waals surface area contributed by atoms with Crippen LogP contribution >= 0.6 is 23.3 Å². The van der Waals surface area contributed by atoms with Gasteiger partial charge in [-0.25, -0.2) is 0 Å². The first-order valence-electron chi connectivity index (χ1n) is 5.34. The molecule has 0 saturated carbocycles. The molecule has 1 unspecified atom stereocenters. The van der Waals surface area contributed by atoms with Crippen LogP contribution in [0.5, 0.6) is 0 Å². The number of hydrogen-bond acceptors (Lipinski definition) is 6. The van der Waals surface area contributed by atoms with Crippen LogP contribution in [-0.4, -0.2) is 47.0 Å². The Hall–Kier alpha value is -0.920. The second kappa shape index (κ2) is 5.61. The molecule has 0 spiro atoms. The van der Waals surface area contributed by atoms with Crippen LogP contribution in [0.2, 0.25) is 5.15 Å². The van der Waals surface area contributed by atoms with Crippen molar-refractivity contribution in [2.24, 2.45) is 0 Å². The van der Waals surface area contributed by atoms with Crippen LogP contribution < -0.4 is 10.2 Å². The average Bonchev–Trinajstić information content (AvgIpc) is 2.76. The van der Waals surface area contributed by atoms with Gasteiger partial charge in [0, 0.05) is 13.1 Å². The summed E-state index contributed by atoms with van der Waals surface area (Å²) >= 11 is 6.98. The van der Waals surface area contributed by atoms with E-state index in [-0.39, 0.29) is 11.9 Å². The van der Waals surface area contributed by atoms with Crippen molar-refractivity contribution < 1.29 is 9.53 Å². The number of aromatic nitrogens is 2. The lowest BCUT2D eigenvalue weighted by atomic mass is 10.2. The van der Waals surface area contributed by atoms with Crippen molar-refractivity contribution in [2.75, 3.05) is 31.2 Å². The zero-order valence-electron chi connectivity index (χ0n) is 9.35. The number of anilines is 1. The highest BCUT2D eigenvalue weighted by Gasteiger charge is 2.32. The van der Waals surface area contributed by atoms with E-state index in [2.05, 4.69) is 14.1 Å². The Morgan fingerprint density at radius 3 is 3.18 bits per heavy atom. The van der Waals surface area contributed by atoms with Gasteiger partial charge in [-0.3, -0.25) is 4.79 Å². The highest BCUT2D eigenvalue weighted by atomic mass is 35.5. The van der Waals surface area contributed by atoms with E-state index in [1.165, 1.54) is 0 Å². The number of rotatable bonds is 3. The van der Waals surface area contributed by atoms with Crippen molar-refractivity contribution in [2.45, 2.75) is 13.0 Å². The van der Waals surface area contributed by atoms with E-state index < -0.39 is 0 Å². The minimum Gasteiger partial charge on any atom is -0.377 e. The number of likely N-dealkylation sites (N-methyl/N-ethyl adjacent to an activating group) is 1. The molecule has 8 heteroatoms. The number of amides is 1. The Morgan fingerprint density at radius 1 is 1.71 bits per heavy atom. The van der Waals surface area contributed by atoms with Crippen molar-refractivity contribution in [1.82, 2.24) is 14.1 Å². The number of halogens is 1. The molecule has 94 valence electrons. The number of hydrogen-bond donors (Lipinski definition) is 1. The van der Waals surface area contributed by atoms with Crippen LogP contribution in [0.1, 0.15) is 6.92 Å². The highest BCUT2D eigenvalue weighted by Crippen LogP contribution is 2.26. The Balaban J connectivity index is 2.18. The van der Waals surface area contributed by atoms with Gasteiger partial charge in [-0.15, -0.1) is 0 Å². The molecule has 0 bridgehead atoms. The number of ether oxygens (including phenoxy) is 1. The molecule has 1 amide bonds. The minimum absolute atomic E-state index is 0.0729. The number of carbonyl (C=O) groups excluding carboxylic acids is 1. The third kappa shape index (κ3) is 2.67. The summed E-state index contributed by atoms with van der Waals surface area (Å²) in [5, 5.41) is 3.12. The van der Waals surface area contributed by atoms with Gasteiger partial charge in [0.25, 0.3) is 0 Å². The molecular weight excluding hydrogens is 264 g/mol. The normalized spacial score (nSPS) is 20.4. The second-order valence-corrected chi connectivity index (χ2v) is 4.44. The van der Waals surface area contributed by atoms with E-state index >= 15 is 0 Å². The van der Waals surface area contributed by atoms with E-state index in [9.17, 15) is 4.79 Å². The van der Waals surface area contributed by atoms with Gasteiger partial charge in [0.2, 0.25) is 5.91 Å². The molecule has 0 aliphatic carbocycles. The Labute approximate surface area is 108 Å². The fourth-order valence-corrected chi connectivity index (χ4v) is 2.47. The maximum Gasteiger partial charge on any atom is 0.245 e. The lowest BCUT2D eigenvalue weighted by Crippen LogP contribution is -2.54. The van der Waals surface area contributed by atoms with Gasteiger partial charge in [0.05, 0.1) is 24.9 Å². The zero-order chi connectivity index (χ0) is 12.3. The molecule has 2 heterocycles. The molecule has 1 saturated heterocycles. The van der Waals surface area contributed by atoms with Crippen LogP contribution in [0, 0.1) is 0 Å². The molecule has 1 aromatic heterocycles. The first-order chi connectivity index (χ1) is 8.24. The average molecular weight is 277 g/mol. The van der Waals surface area contributed by atoms with Crippen molar-refractivity contribution in [1.29, 1.82) is 0 Å². The van der Waals surface area contributed by atoms with Gasteiger partial charge in [0.15, 0.2) is 11.0 Å². The number of nitrogens with zero attached hydrogens (tertiary/aromatic N) is 3. The lowest BCUT2D eigenvalue weighted by molar-refractivity contribution is -0.124. The molecular formula is C9H13ClN4O2S. The van der Waals surface area contributed by atoms with Gasteiger partial charge in [0.1, 0.15) is 6.04 Å². The Bertz CT molecular complexity index is 400. The maximum absolute atomic E-state index is 11.9. The molecule has 1 N–H and O–H groups in total. The van der Waals surface area contributed by atoms with Crippen molar-refractivity contribution in [3.05, 3.63) is 5.15 Å². The number of morpholine rings is 1. The summed E-state index contributed by atoms with van der Waals surface area (Å²) in [5.41, 5.74) is 0. The SMILES string of the molecule is CCNC(=O)C1COCCN1c1nsnc1Cl. The van der Waals surface area contributed by atoms with E-state index in [0.717, 1.165) is 11.7 Å². The second-order valence-electron chi connectivity index (χ2n) is 3.56. The lowest BCUT2D eigenvalue weighted by Gasteiger charge is -2.34. The molecule has 2 rings (SSSR count). The van der Waals surface area contributed by atoms with Crippen molar-refractivity contribution >= 4 is 35.1 Å². The summed E-state index contributed by atoms with van der Waals surface area (Å²) in [4.78, 5) is 13.7. The summed E-state index contributed by atoms with van der Waals surface area (Å²) in [5.74, 6) is 0.493. The van der Waals surface area contributed by atoms with Crippen LogP contribution in [0.4, 0.5) is 5.82 Å². The largest absolute Gasteiger partial charge is 0.377 e. The van der Waals surface area contributed by atoms with Gasteiger partial charge < -0.3 is 15.0 Å². The molecule has 1 aliphatic rings. The maximum atomic E-state index is 11.9. The monoisotopic (exact) mass is 276 g/mol. The topological polar surface area (TPSA) is 67.3 Å². The number of nitrogens with one attached hydrogen (secondary N) is 1. The highest BCUT2D eigenvalue weighted by molar-refractivity contribution is 6.99. The summed E-state index contributed by atoms with van der Waals surface area (Å²) in [6.45, 7) is 3.96. The predicted octanol–water partition coefficient (Wildman–Crippen LogP) is 0.533. The fraction of sp³-hybridized carbons (Fsp3) is 0.667. The van der Waals surface area contributed by atoms with E-state index in [0.29, 0.717) is 37.3 Å². The summed E-state index contributed by atoms with van der Waals surface area (Å²) in [7, 11) is 0. The molecule has 1 aromatic rings. The smallest absolute Gasteiger partial charge is 0.245 e. The first kappa shape index (κ1) is 12.5. The summed E-state index contributed by atoms with van der Waals surface area (Å²) in [6, 6.07) is -0.384. The molecule has 0 radical (unpaired) electrons. The van der Waals surface area contributed by atoms with Crippen LogP contribution in [0.15, 0.2) is 0 Å². The third-order valence-corrected chi connectivity index (χ3v) is 3.36. The standard InChI is InChI=1S/C9H13ClN4O2S/c1-2-11-9(15)6-5-16-4-3-14(6)8-7(10)12-17-13-8/h6H,2-5H2,1H3,(H,11,15). The molecule has 17 heavy (non-hydrogen) atoms. The quantitative estimate of drug-likeness (QED) is 0.872. The van der Waals surface area contributed by atoms with E-state index in [1.807, 2.05) is 11.8 Å².